The molecule has 0 atom stereocenters. The van der Waals surface area contributed by atoms with Crippen LogP contribution in [0.15, 0.2) is 0 Å². The van der Waals surface area contributed by atoms with Crippen LogP contribution in [-0.4, -0.2) is 26.3 Å². The van der Waals surface area contributed by atoms with Gasteiger partial charge in [0.05, 0.1) is 6.61 Å². The van der Waals surface area contributed by atoms with E-state index >= 15 is 0 Å². The van der Waals surface area contributed by atoms with Gasteiger partial charge in [-0.2, -0.15) is 0 Å². The summed E-state index contributed by atoms with van der Waals surface area (Å²) >= 11 is 0. The molecule has 0 bridgehead atoms. The van der Waals surface area contributed by atoms with E-state index in [1.54, 1.807) is 7.11 Å². The Kier molecular flexibility index (Phi) is 8.92. The van der Waals surface area contributed by atoms with Crippen molar-refractivity contribution >= 4 is 5.97 Å². The average Bonchev–Trinajstić information content (AvgIpc) is 2.40. The molecule has 0 aliphatic heterocycles. The van der Waals surface area contributed by atoms with Crippen LogP contribution in [0.1, 0.15) is 64.2 Å². The Morgan fingerprint density at radius 2 is 1.83 bits per heavy atom. The monoisotopic (exact) mass is 256 g/mol. The summed E-state index contributed by atoms with van der Waals surface area (Å²) in [5.74, 6) is 0.886. The van der Waals surface area contributed by atoms with E-state index < -0.39 is 0 Å². The van der Waals surface area contributed by atoms with Gasteiger partial charge >= 0.3 is 5.97 Å². The fourth-order valence-corrected chi connectivity index (χ4v) is 2.67. The maximum absolute atomic E-state index is 11.3. The number of rotatable bonds is 9. The number of ether oxygens (including phenoxy) is 2. The van der Waals surface area contributed by atoms with Crippen molar-refractivity contribution in [3.05, 3.63) is 0 Å². The van der Waals surface area contributed by atoms with Gasteiger partial charge in [-0.3, -0.25) is 4.79 Å². The predicted molar refractivity (Wildman–Crippen MR) is 72.5 cm³/mol. The zero-order valence-corrected chi connectivity index (χ0v) is 11.8. The summed E-state index contributed by atoms with van der Waals surface area (Å²) in [6.07, 6.45) is 12.5. The lowest BCUT2D eigenvalue weighted by Gasteiger charge is -2.21. The first kappa shape index (κ1) is 15.5. The van der Waals surface area contributed by atoms with Crippen molar-refractivity contribution in [3.8, 4) is 0 Å². The first-order chi connectivity index (χ1) is 8.83. The SMILES string of the molecule is COCCOC(=O)CCCCCC1CCCCC1. The normalized spacial score (nSPS) is 16.7. The smallest absolute Gasteiger partial charge is 0.305 e. The molecular formula is C15H28O3. The number of unbranched alkanes of at least 4 members (excludes halogenated alkanes) is 2. The lowest BCUT2D eigenvalue weighted by molar-refractivity contribution is -0.145. The fourth-order valence-electron chi connectivity index (χ4n) is 2.67. The Hall–Kier alpha value is -0.570. The molecule has 0 unspecified atom stereocenters. The van der Waals surface area contributed by atoms with Gasteiger partial charge in [0.25, 0.3) is 0 Å². The summed E-state index contributed by atoms with van der Waals surface area (Å²) in [5, 5.41) is 0. The summed E-state index contributed by atoms with van der Waals surface area (Å²) in [6, 6.07) is 0. The molecule has 3 nitrogen and oxygen atoms in total. The van der Waals surface area contributed by atoms with Crippen LogP contribution in [0.2, 0.25) is 0 Å². The number of carbonyl (C=O) groups is 1. The second kappa shape index (κ2) is 10.4. The van der Waals surface area contributed by atoms with Crippen LogP contribution in [0.3, 0.4) is 0 Å². The number of esters is 1. The molecule has 18 heavy (non-hydrogen) atoms. The van der Waals surface area contributed by atoms with Gasteiger partial charge in [-0.25, -0.2) is 0 Å². The Labute approximate surface area is 111 Å². The molecule has 0 amide bonds. The summed E-state index contributed by atoms with van der Waals surface area (Å²) in [4.78, 5) is 11.3. The van der Waals surface area contributed by atoms with Gasteiger partial charge in [0, 0.05) is 13.5 Å². The standard InChI is InChI=1S/C15H28O3/c1-17-12-13-18-15(16)11-7-3-6-10-14-8-4-2-5-9-14/h14H,2-13H2,1H3. The van der Waals surface area contributed by atoms with Crippen LogP contribution in [0.25, 0.3) is 0 Å². The predicted octanol–water partition coefficient (Wildman–Crippen LogP) is 3.71. The molecule has 0 heterocycles. The maximum atomic E-state index is 11.3. The zero-order valence-electron chi connectivity index (χ0n) is 11.8. The van der Waals surface area contributed by atoms with Gasteiger partial charge in [-0.05, 0) is 12.3 Å². The van der Waals surface area contributed by atoms with E-state index in [9.17, 15) is 4.79 Å². The van der Waals surface area contributed by atoms with Crippen LogP contribution >= 0.6 is 0 Å². The molecule has 1 rings (SSSR count). The van der Waals surface area contributed by atoms with Crippen LogP contribution in [0.4, 0.5) is 0 Å². The number of hydrogen-bond donors (Lipinski definition) is 0. The molecule has 0 spiro atoms. The van der Waals surface area contributed by atoms with Crippen molar-refractivity contribution in [2.45, 2.75) is 64.2 Å². The maximum Gasteiger partial charge on any atom is 0.305 e. The molecule has 0 saturated heterocycles. The van der Waals surface area contributed by atoms with Crippen LogP contribution < -0.4 is 0 Å². The average molecular weight is 256 g/mol. The van der Waals surface area contributed by atoms with Gasteiger partial charge in [0.2, 0.25) is 0 Å². The number of methoxy groups -OCH3 is 1. The van der Waals surface area contributed by atoms with Gasteiger partial charge in [-0.15, -0.1) is 0 Å². The van der Waals surface area contributed by atoms with Gasteiger partial charge in [-0.1, -0.05) is 51.4 Å². The lowest BCUT2D eigenvalue weighted by atomic mass is 9.85. The molecule has 1 aliphatic rings. The summed E-state index contributed by atoms with van der Waals surface area (Å²) in [7, 11) is 1.61. The van der Waals surface area contributed by atoms with E-state index in [2.05, 4.69) is 0 Å². The molecule has 0 aromatic carbocycles. The van der Waals surface area contributed by atoms with Crippen LogP contribution in [0, 0.1) is 5.92 Å². The molecule has 0 aromatic rings. The van der Waals surface area contributed by atoms with Crippen molar-refractivity contribution in [1.82, 2.24) is 0 Å². The highest BCUT2D eigenvalue weighted by molar-refractivity contribution is 5.69. The van der Waals surface area contributed by atoms with Crippen LogP contribution in [-0.2, 0) is 14.3 Å². The van der Waals surface area contributed by atoms with Crippen LogP contribution in [0.5, 0.6) is 0 Å². The van der Waals surface area contributed by atoms with Gasteiger partial charge in [0.15, 0.2) is 0 Å². The summed E-state index contributed by atoms with van der Waals surface area (Å²) in [5.41, 5.74) is 0. The quantitative estimate of drug-likeness (QED) is 0.466. The third kappa shape index (κ3) is 7.70. The Morgan fingerprint density at radius 1 is 1.06 bits per heavy atom. The van der Waals surface area contributed by atoms with E-state index in [-0.39, 0.29) is 5.97 Å². The molecule has 3 heteroatoms. The molecule has 1 fully saturated rings. The van der Waals surface area contributed by atoms with Crippen molar-refractivity contribution < 1.29 is 14.3 Å². The summed E-state index contributed by atoms with van der Waals surface area (Å²) in [6.45, 7) is 0.880. The van der Waals surface area contributed by atoms with E-state index in [0.717, 1.165) is 18.8 Å². The fraction of sp³-hybridized carbons (Fsp3) is 0.933. The minimum Gasteiger partial charge on any atom is -0.463 e. The second-order valence-corrected chi connectivity index (χ2v) is 5.32. The minimum absolute atomic E-state index is 0.0790. The highest BCUT2D eigenvalue weighted by atomic mass is 16.6. The molecule has 0 radical (unpaired) electrons. The number of hydrogen-bond acceptors (Lipinski definition) is 3. The Balaban J connectivity index is 1.86. The third-order valence-corrected chi connectivity index (χ3v) is 3.77. The lowest BCUT2D eigenvalue weighted by Crippen LogP contribution is -2.09. The van der Waals surface area contributed by atoms with Gasteiger partial charge < -0.3 is 9.47 Å². The van der Waals surface area contributed by atoms with E-state index in [1.165, 1.54) is 44.9 Å². The largest absolute Gasteiger partial charge is 0.463 e. The van der Waals surface area contributed by atoms with E-state index in [0.29, 0.717) is 19.6 Å². The second-order valence-electron chi connectivity index (χ2n) is 5.32. The highest BCUT2D eigenvalue weighted by Crippen LogP contribution is 2.27. The first-order valence-corrected chi connectivity index (χ1v) is 7.47. The van der Waals surface area contributed by atoms with E-state index in [1.807, 2.05) is 0 Å². The minimum atomic E-state index is -0.0790. The van der Waals surface area contributed by atoms with Crippen molar-refractivity contribution in [1.29, 1.82) is 0 Å². The third-order valence-electron chi connectivity index (χ3n) is 3.77. The van der Waals surface area contributed by atoms with Gasteiger partial charge in [0.1, 0.15) is 6.61 Å². The highest BCUT2D eigenvalue weighted by Gasteiger charge is 2.12. The molecule has 1 aliphatic carbocycles. The van der Waals surface area contributed by atoms with E-state index in [4.69, 9.17) is 9.47 Å². The van der Waals surface area contributed by atoms with Crippen molar-refractivity contribution in [2.75, 3.05) is 20.3 Å². The van der Waals surface area contributed by atoms with Crippen molar-refractivity contribution in [2.24, 2.45) is 5.92 Å². The number of carbonyl (C=O) groups excluding carboxylic acids is 1. The molecule has 0 aromatic heterocycles. The topological polar surface area (TPSA) is 35.5 Å². The Morgan fingerprint density at radius 3 is 2.56 bits per heavy atom. The van der Waals surface area contributed by atoms with Crippen molar-refractivity contribution in [3.63, 3.8) is 0 Å². The Bertz CT molecular complexity index is 210. The zero-order chi connectivity index (χ0) is 13.1. The molecule has 1 saturated carbocycles. The molecule has 106 valence electrons. The molecule has 0 N–H and O–H groups in total. The first-order valence-electron chi connectivity index (χ1n) is 7.47. The summed E-state index contributed by atoms with van der Waals surface area (Å²) < 4.78 is 9.84. The molecular weight excluding hydrogens is 228 g/mol.